The first-order valence-corrected chi connectivity index (χ1v) is 8.79. The molecule has 0 amide bonds. The van der Waals surface area contributed by atoms with Gasteiger partial charge in [-0.05, 0) is 43.1 Å². The van der Waals surface area contributed by atoms with Crippen LogP contribution in [0, 0.1) is 6.92 Å². The van der Waals surface area contributed by atoms with Crippen molar-refractivity contribution in [2.45, 2.75) is 33.2 Å². The second kappa shape index (κ2) is 7.57. The Morgan fingerprint density at radius 2 is 2.04 bits per heavy atom. The van der Waals surface area contributed by atoms with Crippen molar-refractivity contribution >= 4 is 29.1 Å². The highest BCUT2D eigenvalue weighted by Gasteiger charge is 2.18. The lowest BCUT2D eigenvalue weighted by Crippen LogP contribution is -2.32. The third-order valence-electron chi connectivity index (χ3n) is 4.06. The lowest BCUT2D eigenvalue weighted by atomic mass is 10.00. The van der Waals surface area contributed by atoms with Crippen molar-refractivity contribution in [3.63, 3.8) is 0 Å². The molecule has 0 aliphatic carbocycles. The normalized spacial score (nSPS) is 13.3. The molecule has 0 spiro atoms. The summed E-state index contributed by atoms with van der Waals surface area (Å²) in [5.74, 6) is 1.50. The topological polar surface area (TPSA) is 53.1 Å². The van der Waals surface area contributed by atoms with Gasteiger partial charge in [0.15, 0.2) is 5.11 Å². The molecule has 0 fully saturated rings. The van der Waals surface area contributed by atoms with Gasteiger partial charge in [-0.15, -0.1) is 0 Å². The van der Waals surface area contributed by atoms with Crippen LogP contribution in [0.5, 0.6) is 0 Å². The van der Waals surface area contributed by atoms with Gasteiger partial charge in [-0.1, -0.05) is 31.2 Å². The number of hydrogen-bond donors (Lipinski definition) is 2. The smallest absolute Gasteiger partial charge is 0.231 e. The third kappa shape index (κ3) is 4.00. The number of hydrogen-bond acceptors (Lipinski definition) is 4. The summed E-state index contributed by atoms with van der Waals surface area (Å²) in [5, 5.41) is 6.79. The van der Waals surface area contributed by atoms with Crippen molar-refractivity contribution in [1.29, 1.82) is 0 Å². The number of benzene rings is 1. The van der Waals surface area contributed by atoms with Crippen LogP contribution in [-0.4, -0.2) is 28.2 Å². The Hall–Kier alpha value is -2.21. The molecule has 1 aliphatic rings. The van der Waals surface area contributed by atoms with E-state index in [0.717, 1.165) is 44.0 Å². The monoisotopic (exact) mass is 341 g/mol. The summed E-state index contributed by atoms with van der Waals surface area (Å²) in [7, 11) is 0. The number of rotatable bonds is 4. The molecule has 0 bridgehead atoms. The fourth-order valence-corrected chi connectivity index (χ4v) is 3.04. The van der Waals surface area contributed by atoms with Gasteiger partial charge in [0, 0.05) is 31.4 Å². The SMILES string of the molecule is CCCNC(=S)Nc1nc(C)cc(N2CCc3ccccc3C2)n1. The number of aromatic nitrogens is 2. The van der Waals surface area contributed by atoms with E-state index in [2.05, 4.69) is 56.7 Å². The molecule has 1 aromatic carbocycles. The summed E-state index contributed by atoms with van der Waals surface area (Å²) in [4.78, 5) is 11.4. The molecule has 0 saturated carbocycles. The second-order valence-electron chi connectivity index (χ2n) is 6.01. The molecule has 1 aliphatic heterocycles. The van der Waals surface area contributed by atoms with E-state index >= 15 is 0 Å². The van der Waals surface area contributed by atoms with E-state index in [4.69, 9.17) is 12.2 Å². The predicted molar refractivity (Wildman–Crippen MR) is 102 cm³/mol. The minimum absolute atomic E-state index is 0.553. The molecule has 6 heteroatoms. The number of fused-ring (bicyclic) bond motifs is 1. The van der Waals surface area contributed by atoms with Crippen LogP contribution in [0.2, 0.25) is 0 Å². The average molecular weight is 341 g/mol. The Morgan fingerprint density at radius 3 is 2.83 bits per heavy atom. The quantitative estimate of drug-likeness (QED) is 0.834. The molecule has 5 nitrogen and oxygen atoms in total. The molecule has 126 valence electrons. The molecule has 24 heavy (non-hydrogen) atoms. The largest absolute Gasteiger partial charge is 0.362 e. The maximum absolute atomic E-state index is 5.28. The molecule has 2 aromatic rings. The van der Waals surface area contributed by atoms with Crippen LogP contribution in [0.15, 0.2) is 30.3 Å². The van der Waals surface area contributed by atoms with E-state index in [0.29, 0.717) is 11.1 Å². The minimum atomic E-state index is 0.553. The van der Waals surface area contributed by atoms with E-state index in [1.165, 1.54) is 11.1 Å². The second-order valence-corrected chi connectivity index (χ2v) is 6.42. The van der Waals surface area contributed by atoms with Crippen molar-refractivity contribution in [3.05, 3.63) is 47.2 Å². The zero-order valence-corrected chi connectivity index (χ0v) is 15.0. The Bertz CT molecular complexity index is 731. The third-order valence-corrected chi connectivity index (χ3v) is 4.30. The number of anilines is 2. The standard InChI is InChI=1S/C18H23N5S/c1-3-9-19-18(24)22-17-20-13(2)11-16(21-17)23-10-8-14-6-4-5-7-15(14)12-23/h4-7,11H,3,8-10,12H2,1-2H3,(H2,19,20,21,22,24). The van der Waals surface area contributed by atoms with Crippen molar-refractivity contribution in [3.8, 4) is 0 Å². The predicted octanol–water partition coefficient (Wildman–Crippen LogP) is 3.04. The molecule has 1 aromatic heterocycles. The summed E-state index contributed by atoms with van der Waals surface area (Å²) in [6.45, 7) is 6.77. The Balaban J connectivity index is 1.76. The number of aryl methyl sites for hydroxylation is 1. The molecule has 0 saturated heterocycles. The highest BCUT2D eigenvalue weighted by Crippen LogP contribution is 2.24. The Kier molecular flexibility index (Phi) is 5.25. The van der Waals surface area contributed by atoms with Gasteiger partial charge in [-0.25, -0.2) is 4.98 Å². The summed E-state index contributed by atoms with van der Waals surface area (Å²) in [6, 6.07) is 10.6. The molecule has 3 rings (SSSR count). The van der Waals surface area contributed by atoms with Gasteiger partial charge in [-0.3, -0.25) is 0 Å². The first-order chi connectivity index (χ1) is 11.7. The number of nitrogens with one attached hydrogen (secondary N) is 2. The molecule has 2 heterocycles. The lowest BCUT2D eigenvalue weighted by Gasteiger charge is -2.30. The summed E-state index contributed by atoms with van der Waals surface area (Å²) in [6.07, 6.45) is 2.06. The van der Waals surface area contributed by atoms with Crippen LogP contribution in [0.4, 0.5) is 11.8 Å². The van der Waals surface area contributed by atoms with Crippen LogP contribution in [0.25, 0.3) is 0 Å². The van der Waals surface area contributed by atoms with Crippen molar-refractivity contribution in [2.75, 3.05) is 23.3 Å². The van der Waals surface area contributed by atoms with Gasteiger partial charge in [0.05, 0.1) is 0 Å². The van der Waals surface area contributed by atoms with Gasteiger partial charge < -0.3 is 15.5 Å². The zero-order valence-electron chi connectivity index (χ0n) is 14.2. The van der Waals surface area contributed by atoms with Gasteiger partial charge in [0.2, 0.25) is 5.95 Å². The first-order valence-electron chi connectivity index (χ1n) is 8.38. The van der Waals surface area contributed by atoms with Gasteiger partial charge in [0.25, 0.3) is 0 Å². The van der Waals surface area contributed by atoms with Crippen molar-refractivity contribution in [2.24, 2.45) is 0 Å². The summed E-state index contributed by atoms with van der Waals surface area (Å²) in [5.41, 5.74) is 3.73. The molecular formula is C18H23N5S. The average Bonchev–Trinajstić information content (AvgIpc) is 2.59. The summed E-state index contributed by atoms with van der Waals surface area (Å²) >= 11 is 5.28. The van der Waals surface area contributed by atoms with E-state index < -0.39 is 0 Å². The summed E-state index contributed by atoms with van der Waals surface area (Å²) < 4.78 is 0. The van der Waals surface area contributed by atoms with Crippen LogP contribution in [0.3, 0.4) is 0 Å². The van der Waals surface area contributed by atoms with Gasteiger partial charge in [-0.2, -0.15) is 4.98 Å². The molecule has 0 atom stereocenters. The highest BCUT2D eigenvalue weighted by atomic mass is 32.1. The Labute approximate surface area is 148 Å². The molecule has 0 radical (unpaired) electrons. The maximum atomic E-state index is 5.28. The van der Waals surface area contributed by atoms with Gasteiger partial charge in [0.1, 0.15) is 5.82 Å². The molecular weight excluding hydrogens is 318 g/mol. The van der Waals surface area contributed by atoms with Crippen LogP contribution in [-0.2, 0) is 13.0 Å². The lowest BCUT2D eigenvalue weighted by molar-refractivity contribution is 0.719. The highest BCUT2D eigenvalue weighted by molar-refractivity contribution is 7.80. The number of thiocarbonyl (C=S) groups is 1. The Morgan fingerprint density at radius 1 is 1.25 bits per heavy atom. The van der Waals surface area contributed by atoms with Crippen LogP contribution in [0.1, 0.15) is 30.2 Å². The van der Waals surface area contributed by atoms with E-state index in [9.17, 15) is 0 Å². The zero-order chi connectivity index (χ0) is 16.9. The van der Waals surface area contributed by atoms with E-state index in [1.807, 2.05) is 13.0 Å². The number of nitrogens with zero attached hydrogens (tertiary/aromatic N) is 3. The fraction of sp³-hybridized carbons (Fsp3) is 0.389. The van der Waals surface area contributed by atoms with Crippen molar-refractivity contribution < 1.29 is 0 Å². The van der Waals surface area contributed by atoms with Crippen LogP contribution < -0.4 is 15.5 Å². The fourth-order valence-electron chi connectivity index (χ4n) is 2.85. The first kappa shape index (κ1) is 16.6. The van der Waals surface area contributed by atoms with E-state index in [1.54, 1.807) is 0 Å². The van der Waals surface area contributed by atoms with Crippen LogP contribution >= 0.6 is 12.2 Å². The van der Waals surface area contributed by atoms with E-state index in [-0.39, 0.29) is 0 Å². The molecule has 0 unspecified atom stereocenters. The maximum Gasteiger partial charge on any atom is 0.231 e. The van der Waals surface area contributed by atoms with Gasteiger partial charge >= 0.3 is 0 Å². The minimum Gasteiger partial charge on any atom is -0.362 e. The molecule has 2 N–H and O–H groups in total. The van der Waals surface area contributed by atoms with Crippen molar-refractivity contribution in [1.82, 2.24) is 15.3 Å².